The molecule has 0 aliphatic heterocycles. The molecule has 0 spiro atoms. The highest BCUT2D eigenvalue weighted by Crippen LogP contribution is 2.12. The van der Waals surface area contributed by atoms with E-state index in [2.05, 4.69) is 10.6 Å². The zero-order chi connectivity index (χ0) is 23.5. The summed E-state index contributed by atoms with van der Waals surface area (Å²) in [4.78, 5) is 36.6. The molecule has 0 aliphatic carbocycles. The molecule has 0 bridgehead atoms. The Morgan fingerprint density at radius 1 is 0.879 bits per heavy atom. The van der Waals surface area contributed by atoms with Crippen LogP contribution in [0.2, 0.25) is 0 Å². The van der Waals surface area contributed by atoms with E-state index in [1.165, 1.54) is 0 Å². The molecule has 0 radical (unpaired) electrons. The van der Waals surface area contributed by atoms with Gasteiger partial charge in [-0.2, -0.15) is 5.26 Å². The number of carbonyl (C=O) groups is 3. The zero-order valence-electron chi connectivity index (χ0n) is 17.9. The van der Waals surface area contributed by atoms with Gasteiger partial charge in [-0.1, -0.05) is 48.5 Å². The van der Waals surface area contributed by atoms with Crippen LogP contribution >= 0.6 is 0 Å². The van der Waals surface area contributed by atoms with E-state index in [9.17, 15) is 14.4 Å². The van der Waals surface area contributed by atoms with Gasteiger partial charge in [0.15, 0.2) is 0 Å². The first kappa shape index (κ1) is 23.2. The summed E-state index contributed by atoms with van der Waals surface area (Å²) < 4.78 is 5.19. The monoisotopic (exact) mass is 441 g/mol. The number of anilines is 1. The first-order valence-electron chi connectivity index (χ1n) is 10.4. The highest BCUT2D eigenvalue weighted by molar-refractivity contribution is 5.97. The third kappa shape index (κ3) is 7.64. The number of nitrogens with one attached hydrogen (secondary N) is 2. The third-order valence-corrected chi connectivity index (χ3v) is 4.71. The summed E-state index contributed by atoms with van der Waals surface area (Å²) in [6.07, 6.45) is 0.201. The molecule has 0 atom stereocenters. The maximum absolute atomic E-state index is 12.4. The molecule has 3 aromatic rings. The van der Waals surface area contributed by atoms with Crippen LogP contribution in [-0.4, -0.2) is 24.3 Å². The molecule has 0 heterocycles. The Hall–Kier alpha value is -4.44. The van der Waals surface area contributed by atoms with Gasteiger partial charge in [0.2, 0.25) is 5.91 Å². The molecule has 3 aromatic carbocycles. The largest absolute Gasteiger partial charge is 0.461 e. The predicted octanol–water partition coefficient (Wildman–Crippen LogP) is 3.60. The number of carbonyl (C=O) groups excluding carboxylic acids is 3. The number of nitrogens with zero attached hydrogens (tertiary/aromatic N) is 1. The van der Waals surface area contributed by atoms with Crippen LogP contribution in [0.25, 0.3) is 0 Å². The molecule has 7 heteroatoms. The fourth-order valence-electron chi connectivity index (χ4n) is 3.02. The van der Waals surface area contributed by atoms with Crippen molar-refractivity contribution in [2.75, 3.05) is 11.9 Å². The van der Waals surface area contributed by atoms with Crippen molar-refractivity contribution in [2.24, 2.45) is 0 Å². The quantitative estimate of drug-likeness (QED) is 0.493. The molecule has 0 aromatic heterocycles. The summed E-state index contributed by atoms with van der Waals surface area (Å²) >= 11 is 0. The van der Waals surface area contributed by atoms with Gasteiger partial charge < -0.3 is 15.4 Å². The number of amides is 2. The lowest BCUT2D eigenvalue weighted by Crippen LogP contribution is -2.26. The summed E-state index contributed by atoms with van der Waals surface area (Å²) in [6.45, 7) is 0.333. The predicted molar refractivity (Wildman–Crippen MR) is 123 cm³/mol. The lowest BCUT2D eigenvalue weighted by atomic mass is 10.1. The number of hydrogen-bond acceptors (Lipinski definition) is 5. The highest BCUT2D eigenvalue weighted by Gasteiger charge is 2.10. The molecule has 0 saturated carbocycles. The molecule has 0 saturated heterocycles. The molecule has 3 rings (SSSR count). The summed E-state index contributed by atoms with van der Waals surface area (Å²) in [7, 11) is 0. The van der Waals surface area contributed by atoms with E-state index in [0.717, 1.165) is 11.1 Å². The Kier molecular flexibility index (Phi) is 8.32. The second-order valence-corrected chi connectivity index (χ2v) is 7.27. The molecule has 0 unspecified atom stereocenters. The molecule has 2 amide bonds. The molecular weight excluding hydrogens is 418 g/mol. The second kappa shape index (κ2) is 11.8. The smallest absolute Gasteiger partial charge is 0.307 e. The van der Waals surface area contributed by atoms with E-state index in [0.29, 0.717) is 16.8 Å². The van der Waals surface area contributed by atoms with Crippen LogP contribution in [0.3, 0.4) is 0 Å². The summed E-state index contributed by atoms with van der Waals surface area (Å²) in [5.74, 6) is -0.990. The lowest BCUT2D eigenvalue weighted by molar-refractivity contribution is -0.144. The van der Waals surface area contributed by atoms with Gasteiger partial charge in [0, 0.05) is 17.8 Å². The molecule has 2 N–H and O–H groups in total. The molecular formula is C26H23N3O4. The average molecular weight is 441 g/mol. The van der Waals surface area contributed by atoms with E-state index >= 15 is 0 Å². The van der Waals surface area contributed by atoms with Gasteiger partial charge in [-0.25, -0.2) is 0 Å². The van der Waals surface area contributed by atoms with Crippen LogP contribution in [0.15, 0.2) is 78.9 Å². The Morgan fingerprint density at radius 2 is 1.64 bits per heavy atom. The van der Waals surface area contributed by atoms with Crippen molar-refractivity contribution in [3.05, 3.63) is 101 Å². The van der Waals surface area contributed by atoms with E-state index in [-0.39, 0.29) is 37.8 Å². The Bertz CT molecular complexity index is 1150. The fourth-order valence-corrected chi connectivity index (χ4v) is 3.02. The minimum Gasteiger partial charge on any atom is -0.461 e. The van der Waals surface area contributed by atoms with Crippen molar-refractivity contribution in [3.8, 4) is 6.07 Å². The normalized spacial score (nSPS) is 10.0. The van der Waals surface area contributed by atoms with Crippen molar-refractivity contribution < 1.29 is 19.1 Å². The Balaban J connectivity index is 1.44. The van der Waals surface area contributed by atoms with Crippen LogP contribution in [0.4, 0.5) is 5.69 Å². The second-order valence-electron chi connectivity index (χ2n) is 7.27. The van der Waals surface area contributed by atoms with Gasteiger partial charge >= 0.3 is 5.97 Å². The number of nitriles is 1. The first-order chi connectivity index (χ1) is 16.0. The van der Waals surface area contributed by atoms with Gasteiger partial charge in [-0.15, -0.1) is 0 Å². The van der Waals surface area contributed by atoms with Gasteiger partial charge in [-0.05, 0) is 41.5 Å². The van der Waals surface area contributed by atoms with Crippen LogP contribution in [0.5, 0.6) is 0 Å². The molecule has 33 heavy (non-hydrogen) atoms. The molecule has 0 fully saturated rings. The van der Waals surface area contributed by atoms with E-state index in [4.69, 9.17) is 10.00 Å². The SMILES string of the molecule is N#Cc1ccc(CC(=O)Nc2cccc(C(=O)NCCC(=O)OCc3ccccc3)c2)cc1. The van der Waals surface area contributed by atoms with Crippen LogP contribution < -0.4 is 10.6 Å². The summed E-state index contributed by atoms with van der Waals surface area (Å²) in [5, 5.41) is 14.3. The fraction of sp³-hybridized carbons (Fsp3) is 0.154. The molecule has 7 nitrogen and oxygen atoms in total. The van der Waals surface area contributed by atoms with Gasteiger partial charge in [0.25, 0.3) is 5.91 Å². The number of rotatable bonds is 9. The summed E-state index contributed by atoms with van der Waals surface area (Å²) in [5.41, 5.74) is 3.06. The third-order valence-electron chi connectivity index (χ3n) is 4.71. The van der Waals surface area contributed by atoms with E-state index in [1.807, 2.05) is 36.4 Å². The van der Waals surface area contributed by atoms with Crippen molar-refractivity contribution in [3.63, 3.8) is 0 Å². The van der Waals surface area contributed by atoms with Gasteiger partial charge in [0.1, 0.15) is 6.61 Å². The zero-order valence-corrected chi connectivity index (χ0v) is 17.9. The van der Waals surface area contributed by atoms with Crippen molar-refractivity contribution >= 4 is 23.5 Å². The van der Waals surface area contributed by atoms with Crippen molar-refractivity contribution in [1.82, 2.24) is 5.32 Å². The number of benzene rings is 3. The minimum atomic E-state index is -0.400. The minimum absolute atomic E-state index is 0.0552. The van der Waals surface area contributed by atoms with E-state index in [1.54, 1.807) is 48.5 Å². The maximum Gasteiger partial charge on any atom is 0.307 e. The molecule has 0 aliphatic rings. The van der Waals surface area contributed by atoms with Crippen molar-refractivity contribution in [2.45, 2.75) is 19.4 Å². The summed E-state index contributed by atoms with van der Waals surface area (Å²) in [6, 6.07) is 24.7. The van der Waals surface area contributed by atoms with Crippen LogP contribution in [0, 0.1) is 11.3 Å². The van der Waals surface area contributed by atoms with Crippen molar-refractivity contribution in [1.29, 1.82) is 5.26 Å². The average Bonchev–Trinajstić information content (AvgIpc) is 2.84. The Morgan fingerprint density at radius 3 is 2.36 bits per heavy atom. The standard InChI is InChI=1S/C26H23N3O4/c27-17-20-11-9-19(10-12-20)15-24(30)29-23-8-4-7-22(16-23)26(32)28-14-13-25(31)33-18-21-5-2-1-3-6-21/h1-12,16H,13-15,18H2,(H,28,32)(H,29,30). The first-order valence-corrected chi connectivity index (χ1v) is 10.4. The molecule has 166 valence electrons. The topological polar surface area (TPSA) is 108 Å². The Labute approximate surface area is 192 Å². The number of esters is 1. The number of ether oxygens (including phenoxy) is 1. The van der Waals surface area contributed by atoms with Crippen LogP contribution in [-0.2, 0) is 27.4 Å². The number of hydrogen-bond donors (Lipinski definition) is 2. The van der Waals surface area contributed by atoms with Gasteiger partial charge in [0.05, 0.1) is 24.5 Å². The van der Waals surface area contributed by atoms with Gasteiger partial charge in [-0.3, -0.25) is 14.4 Å². The van der Waals surface area contributed by atoms with E-state index < -0.39 is 5.97 Å². The lowest BCUT2D eigenvalue weighted by Gasteiger charge is -2.09. The van der Waals surface area contributed by atoms with Crippen LogP contribution in [0.1, 0.15) is 33.5 Å². The maximum atomic E-state index is 12.4. The highest BCUT2D eigenvalue weighted by atomic mass is 16.5.